The zero-order valence-electron chi connectivity index (χ0n) is 53.7. The van der Waals surface area contributed by atoms with Crippen molar-refractivity contribution in [1.29, 1.82) is 0 Å². The first-order chi connectivity index (χ1) is 40.5. The Hall–Kier alpha value is -4.19. The topological polar surface area (TPSA) is 78.9 Å². The second-order valence-electron chi connectivity index (χ2n) is 22.7. The van der Waals surface area contributed by atoms with E-state index in [1.54, 1.807) is 0 Å². The Morgan fingerprint density at radius 1 is 0.256 bits per heavy atom. The number of esters is 3. The van der Waals surface area contributed by atoms with Crippen LogP contribution in [-0.4, -0.2) is 37.2 Å². The molecule has 0 amide bonds. The lowest BCUT2D eigenvalue weighted by Crippen LogP contribution is -2.30. The fourth-order valence-electron chi connectivity index (χ4n) is 9.62. The average molecular weight is 1140 g/mol. The summed E-state index contributed by atoms with van der Waals surface area (Å²) in [6.45, 7) is 6.42. The minimum absolute atomic E-state index is 0.0783. The zero-order valence-corrected chi connectivity index (χ0v) is 53.7. The number of hydrogen-bond donors (Lipinski definition) is 0. The lowest BCUT2D eigenvalue weighted by molar-refractivity contribution is -0.167. The smallest absolute Gasteiger partial charge is 0.306 e. The van der Waals surface area contributed by atoms with Gasteiger partial charge in [0.15, 0.2) is 6.10 Å². The van der Waals surface area contributed by atoms with E-state index in [4.69, 9.17) is 14.2 Å². The van der Waals surface area contributed by atoms with Crippen LogP contribution in [-0.2, 0) is 28.6 Å². The van der Waals surface area contributed by atoms with Crippen molar-refractivity contribution in [3.63, 3.8) is 0 Å². The van der Waals surface area contributed by atoms with Gasteiger partial charge in [-0.1, -0.05) is 316 Å². The van der Waals surface area contributed by atoms with Crippen molar-refractivity contribution >= 4 is 17.9 Å². The highest BCUT2D eigenvalue weighted by atomic mass is 16.6. The van der Waals surface area contributed by atoms with Crippen LogP contribution in [0.25, 0.3) is 0 Å². The third-order valence-electron chi connectivity index (χ3n) is 14.7. The SMILES string of the molecule is CC/C=C\C/C=C\C/C=C\C/C=C\C/C=C\C/C=C\CCCCCCCCCCCCC(=O)OCC(COC(=O)CCCCCCCCCCCC)OC(=O)CCCCCCCCCCCCCC/C=C\C/C=C\C/C=C\C/C=C\CC. The minimum Gasteiger partial charge on any atom is -0.462 e. The van der Waals surface area contributed by atoms with Crippen LogP contribution in [0.2, 0.25) is 0 Å². The molecule has 0 spiro atoms. The van der Waals surface area contributed by atoms with Crippen LogP contribution in [0.15, 0.2) is 122 Å². The summed E-state index contributed by atoms with van der Waals surface area (Å²) >= 11 is 0. The summed E-state index contributed by atoms with van der Waals surface area (Å²) in [5.74, 6) is -0.876. The van der Waals surface area contributed by atoms with E-state index < -0.39 is 6.10 Å². The lowest BCUT2D eigenvalue weighted by atomic mass is 10.0. The van der Waals surface area contributed by atoms with Gasteiger partial charge in [0.25, 0.3) is 0 Å². The molecular formula is C76H128O6. The Bertz CT molecular complexity index is 1690. The highest BCUT2D eigenvalue weighted by Crippen LogP contribution is 2.17. The van der Waals surface area contributed by atoms with Crippen LogP contribution >= 0.6 is 0 Å². The maximum atomic E-state index is 12.9. The van der Waals surface area contributed by atoms with E-state index in [1.165, 1.54) is 161 Å². The zero-order chi connectivity index (χ0) is 59.2. The molecule has 1 unspecified atom stereocenters. The predicted molar refractivity (Wildman–Crippen MR) is 357 cm³/mol. The highest BCUT2D eigenvalue weighted by molar-refractivity contribution is 5.71. The summed E-state index contributed by atoms with van der Waals surface area (Å²) in [6.07, 6.45) is 96.5. The van der Waals surface area contributed by atoms with E-state index in [0.29, 0.717) is 19.3 Å². The van der Waals surface area contributed by atoms with Crippen molar-refractivity contribution in [3.05, 3.63) is 122 Å². The molecule has 82 heavy (non-hydrogen) atoms. The van der Waals surface area contributed by atoms with Gasteiger partial charge in [-0.15, -0.1) is 0 Å². The molecule has 6 nitrogen and oxygen atoms in total. The molecule has 0 aromatic carbocycles. The van der Waals surface area contributed by atoms with E-state index in [-0.39, 0.29) is 31.1 Å². The molecule has 0 aliphatic heterocycles. The van der Waals surface area contributed by atoms with Crippen molar-refractivity contribution in [3.8, 4) is 0 Å². The van der Waals surface area contributed by atoms with Gasteiger partial charge >= 0.3 is 17.9 Å². The summed E-state index contributed by atoms with van der Waals surface area (Å²) in [5.41, 5.74) is 0. The Balaban J connectivity index is 4.23. The van der Waals surface area contributed by atoms with Crippen LogP contribution < -0.4 is 0 Å². The monoisotopic (exact) mass is 1140 g/mol. The number of hydrogen-bond acceptors (Lipinski definition) is 6. The molecule has 0 aliphatic rings. The first kappa shape index (κ1) is 77.8. The molecule has 0 aromatic rings. The molecule has 6 heteroatoms. The Labute approximate surface area is 507 Å². The largest absolute Gasteiger partial charge is 0.462 e. The van der Waals surface area contributed by atoms with Crippen molar-refractivity contribution in [2.75, 3.05) is 13.2 Å². The second-order valence-corrected chi connectivity index (χ2v) is 22.7. The normalized spacial score (nSPS) is 12.9. The molecule has 0 N–H and O–H groups in total. The number of unbranched alkanes of at least 4 members (excludes halogenated alkanes) is 31. The van der Waals surface area contributed by atoms with Crippen molar-refractivity contribution < 1.29 is 28.6 Å². The Kier molecular flexibility index (Phi) is 65.8. The van der Waals surface area contributed by atoms with Crippen molar-refractivity contribution in [2.24, 2.45) is 0 Å². The van der Waals surface area contributed by atoms with Gasteiger partial charge in [-0.25, -0.2) is 0 Å². The number of ether oxygens (including phenoxy) is 3. The lowest BCUT2D eigenvalue weighted by Gasteiger charge is -2.18. The molecule has 468 valence electrons. The maximum absolute atomic E-state index is 12.9. The average Bonchev–Trinajstić information content (AvgIpc) is 3.48. The summed E-state index contributed by atoms with van der Waals surface area (Å²) in [6, 6.07) is 0. The third-order valence-corrected chi connectivity index (χ3v) is 14.7. The van der Waals surface area contributed by atoms with E-state index in [0.717, 1.165) is 122 Å². The molecule has 0 saturated carbocycles. The van der Waals surface area contributed by atoms with Crippen LogP contribution in [0, 0.1) is 0 Å². The molecule has 0 fully saturated rings. The van der Waals surface area contributed by atoms with E-state index in [2.05, 4.69) is 142 Å². The second kappa shape index (κ2) is 69.3. The fourth-order valence-corrected chi connectivity index (χ4v) is 9.62. The van der Waals surface area contributed by atoms with E-state index in [1.807, 2.05) is 0 Å². The fraction of sp³-hybridized carbons (Fsp3) is 0.697. The quantitative estimate of drug-likeness (QED) is 0.0261. The van der Waals surface area contributed by atoms with Gasteiger partial charge in [0.1, 0.15) is 13.2 Å². The predicted octanol–water partition coefficient (Wildman–Crippen LogP) is 23.9. The van der Waals surface area contributed by atoms with Gasteiger partial charge in [-0.2, -0.15) is 0 Å². The minimum atomic E-state index is -0.782. The summed E-state index contributed by atoms with van der Waals surface area (Å²) in [4.78, 5) is 38.3. The number of allylic oxidation sites excluding steroid dienone is 20. The van der Waals surface area contributed by atoms with Crippen LogP contribution in [0.4, 0.5) is 0 Å². The van der Waals surface area contributed by atoms with E-state index >= 15 is 0 Å². The molecule has 0 radical (unpaired) electrons. The van der Waals surface area contributed by atoms with Crippen LogP contribution in [0.1, 0.15) is 323 Å². The maximum Gasteiger partial charge on any atom is 0.306 e. The Morgan fingerprint density at radius 3 is 0.744 bits per heavy atom. The molecule has 1 atom stereocenters. The molecule has 0 saturated heterocycles. The molecular weight excluding hydrogens is 1010 g/mol. The molecule has 0 aliphatic carbocycles. The highest BCUT2D eigenvalue weighted by Gasteiger charge is 2.19. The van der Waals surface area contributed by atoms with Gasteiger partial charge in [0.2, 0.25) is 0 Å². The molecule has 0 rings (SSSR count). The summed E-state index contributed by atoms with van der Waals surface area (Å²) in [7, 11) is 0. The van der Waals surface area contributed by atoms with Gasteiger partial charge in [0, 0.05) is 19.3 Å². The van der Waals surface area contributed by atoms with Gasteiger partial charge in [-0.3, -0.25) is 14.4 Å². The van der Waals surface area contributed by atoms with Crippen molar-refractivity contribution in [2.45, 2.75) is 329 Å². The molecule has 0 heterocycles. The first-order valence-electron chi connectivity index (χ1n) is 34.5. The number of carbonyl (C=O) groups excluding carboxylic acids is 3. The van der Waals surface area contributed by atoms with Crippen molar-refractivity contribution in [1.82, 2.24) is 0 Å². The Morgan fingerprint density at radius 2 is 0.476 bits per heavy atom. The number of carbonyl (C=O) groups is 3. The van der Waals surface area contributed by atoms with E-state index in [9.17, 15) is 14.4 Å². The summed E-state index contributed by atoms with van der Waals surface area (Å²) < 4.78 is 16.9. The van der Waals surface area contributed by atoms with Gasteiger partial charge in [0.05, 0.1) is 0 Å². The van der Waals surface area contributed by atoms with Crippen LogP contribution in [0.3, 0.4) is 0 Å². The first-order valence-corrected chi connectivity index (χ1v) is 34.5. The van der Waals surface area contributed by atoms with Gasteiger partial charge in [-0.05, 0) is 109 Å². The van der Waals surface area contributed by atoms with Gasteiger partial charge < -0.3 is 14.2 Å². The molecule has 0 bridgehead atoms. The number of rotatable bonds is 62. The standard InChI is InChI=1S/C76H128O6/c1-4-7-10-13-16-19-22-24-26-28-30-32-34-36-37-38-39-41-42-44-46-48-50-52-54-57-60-63-66-69-75(78)81-72-73(71-80-74(77)68-65-62-59-56-21-18-15-12-9-6-3)82-76(79)70-67-64-61-58-55-53-51-49-47-45-43-40-35-33-31-29-27-25-23-20-17-14-11-8-5-2/h7-8,10-11,16-17,19-20,24-27,30-33,36-37,39,41,73H,4-6,9,12-15,18,21-23,28-29,34-35,38,40,42-72H2,1-3H3/b10-7-,11-8-,19-16-,20-17-,26-24-,27-25-,32-30-,33-31-,37-36-,41-39-. The molecule has 0 aromatic heterocycles. The third kappa shape index (κ3) is 66.6. The summed E-state index contributed by atoms with van der Waals surface area (Å²) in [5, 5.41) is 0. The van der Waals surface area contributed by atoms with Crippen LogP contribution in [0.5, 0.6) is 0 Å².